The van der Waals surface area contributed by atoms with Gasteiger partial charge in [0.25, 0.3) is 0 Å². The number of nitrogens with zero attached hydrogens (tertiary/aromatic N) is 4. The minimum Gasteiger partial charge on any atom is -0.493 e. The van der Waals surface area contributed by atoms with Crippen LogP contribution in [0.5, 0.6) is 17.4 Å². The van der Waals surface area contributed by atoms with Gasteiger partial charge < -0.3 is 24.5 Å². The number of morpholine rings is 1. The molecule has 10 nitrogen and oxygen atoms in total. The van der Waals surface area contributed by atoms with Crippen molar-refractivity contribution in [3.63, 3.8) is 0 Å². The number of anilines is 1. The molecule has 0 unspecified atom stereocenters. The summed E-state index contributed by atoms with van der Waals surface area (Å²) in [6, 6.07) is 29.4. The second kappa shape index (κ2) is 13.2. The third-order valence-electron chi connectivity index (χ3n) is 7.38. The fraction of sp³-hybridized carbons (Fsp3) is 0.182. The van der Waals surface area contributed by atoms with E-state index in [1.165, 1.54) is 10.4 Å². The monoisotopic (exact) mass is 641 g/mol. The maximum Gasteiger partial charge on any atom is 0.243 e. The Balaban J connectivity index is 1.28. The zero-order valence-electron chi connectivity index (χ0n) is 24.5. The van der Waals surface area contributed by atoms with Crippen LogP contribution in [0.25, 0.3) is 10.9 Å². The largest absolute Gasteiger partial charge is 0.493 e. The Morgan fingerprint density at radius 1 is 0.956 bits per heavy atom. The molecular formula is C33H31N5O5S2. The Bertz CT molecular complexity index is 1950. The molecule has 1 saturated heterocycles. The third-order valence-corrected chi connectivity index (χ3v) is 9.45. The van der Waals surface area contributed by atoms with Crippen LogP contribution >= 0.6 is 12.2 Å². The van der Waals surface area contributed by atoms with Crippen molar-refractivity contribution in [1.29, 1.82) is 0 Å². The van der Waals surface area contributed by atoms with Crippen LogP contribution in [0.4, 0.5) is 11.4 Å². The molecule has 0 spiro atoms. The molecule has 0 radical (unpaired) electrons. The smallest absolute Gasteiger partial charge is 0.243 e. The van der Waals surface area contributed by atoms with Gasteiger partial charge in [-0.3, -0.25) is 0 Å². The van der Waals surface area contributed by atoms with E-state index in [4.69, 9.17) is 21.7 Å². The first kappa shape index (κ1) is 30.4. The number of ether oxygens (including phenoxy) is 2. The fourth-order valence-electron chi connectivity index (χ4n) is 5.01. The second-order valence-electron chi connectivity index (χ2n) is 10.5. The van der Waals surface area contributed by atoms with Crippen molar-refractivity contribution < 1.29 is 23.0 Å². The van der Waals surface area contributed by atoms with Crippen molar-refractivity contribution in [3.05, 3.63) is 108 Å². The van der Waals surface area contributed by atoms with Crippen LogP contribution in [0, 0.1) is 6.92 Å². The van der Waals surface area contributed by atoms with Crippen LogP contribution in [0.3, 0.4) is 0 Å². The minimum atomic E-state index is -3.79. The summed E-state index contributed by atoms with van der Waals surface area (Å²) in [7, 11) is -3.79. The lowest BCUT2D eigenvalue weighted by Crippen LogP contribution is -2.40. The molecule has 1 aliphatic heterocycles. The Hall–Kier alpha value is -4.62. The van der Waals surface area contributed by atoms with Gasteiger partial charge in [-0.05, 0) is 79.3 Å². The van der Waals surface area contributed by atoms with Gasteiger partial charge in [0.1, 0.15) is 11.5 Å². The molecule has 230 valence electrons. The van der Waals surface area contributed by atoms with Crippen molar-refractivity contribution >= 4 is 49.6 Å². The van der Waals surface area contributed by atoms with Crippen molar-refractivity contribution in [3.8, 4) is 17.4 Å². The Morgan fingerprint density at radius 3 is 2.36 bits per heavy atom. The summed E-state index contributed by atoms with van der Waals surface area (Å²) in [4.78, 5) is 0.0966. The van der Waals surface area contributed by atoms with Crippen molar-refractivity contribution in [2.75, 3.05) is 31.6 Å². The molecule has 0 bridgehead atoms. The van der Waals surface area contributed by atoms with Gasteiger partial charge in [0.2, 0.25) is 21.0 Å². The van der Waals surface area contributed by atoms with Crippen molar-refractivity contribution in [2.45, 2.75) is 18.4 Å². The van der Waals surface area contributed by atoms with Crippen LogP contribution < -0.4 is 10.1 Å². The maximum atomic E-state index is 13.5. The summed E-state index contributed by atoms with van der Waals surface area (Å²) < 4.78 is 41.2. The lowest BCUT2D eigenvalue weighted by atomic mass is 10.1. The first-order valence-corrected chi connectivity index (χ1v) is 16.2. The summed E-state index contributed by atoms with van der Waals surface area (Å²) in [5.74, 6) is 1.23. The predicted octanol–water partition coefficient (Wildman–Crippen LogP) is 7.00. The average Bonchev–Trinajstić information content (AvgIpc) is 3.32. The number of thiocarbonyl (C=S) groups is 1. The van der Waals surface area contributed by atoms with Crippen LogP contribution in [0.1, 0.15) is 11.1 Å². The quantitative estimate of drug-likeness (QED) is 0.138. The number of azo groups is 1. The van der Waals surface area contributed by atoms with E-state index in [0.29, 0.717) is 42.1 Å². The van der Waals surface area contributed by atoms with Gasteiger partial charge in [-0.25, -0.2) is 8.42 Å². The second-order valence-corrected chi connectivity index (χ2v) is 12.8. The molecule has 2 heterocycles. The highest BCUT2D eigenvalue weighted by atomic mass is 32.2. The van der Waals surface area contributed by atoms with E-state index >= 15 is 0 Å². The summed E-state index contributed by atoms with van der Waals surface area (Å²) >= 11 is 5.43. The molecule has 1 aromatic heterocycles. The number of hydrogen-bond acceptors (Lipinski definition) is 7. The third kappa shape index (κ3) is 6.89. The summed E-state index contributed by atoms with van der Waals surface area (Å²) in [5.41, 5.74) is 3.47. The summed E-state index contributed by atoms with van der Waals surface area (Å²) in [6.07, 6.45) is 0. The molecule has 0 saturated carbocycles. The first-order chi connectivity index (χ1) is 21.8. The lowest BCUT2D eigenvalue weighted by Gasteiger charge is -2.26. The minimum absolute atomic E-state index is 0.0580. The highest BCUT2D eigenvalue weighted by Gasteiger charge is 2.28. The standard InChI is InChI=1S/C33H31N5O5S2/c1-23-7-9-24(10-8-23)22-38-30-16-15-28(45(40,41)37-17-19-42-20-18-37)21-29(30)31(32(38)39)35-36-33(44)34-25-11-13-27(14-12-25)43-26-5-3-2-4-6-26/h2-16,21,39H,17-20,22H2,1H3,(H,34,44). The number of aromatic hydroxyl groups is 1. The molecule has 6 rings (SSSR count). The molecule has 0 aliphatic carbocycles. The van der Waals surface area contributed by atoms with E-state index in [0.717, 1.165) is 16.9 Å². The number of para-hydroxylation sites is 1. The van der Waals surface area contributed by atoms with Crippen LogP contribution in [0.15, 0.2) is 112 Å². The fourth-order valence-corrected chi connectivity index (χ4v) is 6.60. The normalized spacial score (nSPS) is 14.2. The number of fused-ring (bicyclic) bond motifs is 1. The summed E-state index contributed by atoms with van der Waals surface area (Å²) in [6.45, 7) is 3.56. The van der Waals surface area contributed by atoms with Gasteiger partial charge in [0, 0.05) is 24.2 Å². The number of benzene rings is 4. The molecule has 1 fully saturated rings. The molecule has 5 aromatic rings. The highest BCUT2D eigenvalue weighted by Crippen LogP contribution is 2.41. The zero-order valence-corrected chi connectivity index (χ0v) is 26.1. The average molecular weight is 642 g/mol. The van der Waals surface area contributed by atoms with Gasteiger partial charge in [-0.15, -0.1) is 10.2 Å². The summed E-state index contributed by atoms with van der Waals surface area (Å²) in [5, 5.41) is 23.4. The number of rotatable bonds is 8. The van der Waals surface area contributed by atoms with Gasteiger partial charge in [-0.1, -0.05) is 48.0 Å². The van der Waals surface area contributed by atoms with Crippen LogP contribution in [-0.4, -0.2) is 53.8 Å². The van der Waals surface area contributed by atoms with E-state index in [1.807, 2.05) is 61.5 Å². The Kier molecular flexibility index (Phi) is 8.90. The Morgan fingerprint density at radius 2 is 1.64 bits per heavy atom. The van der Waals surface area contributed by atoms with E-state index in [1.54, 1.807) is 41.0 Å². The number of hydrogen-bond donors (Lipinski definition) is 2. The molecule has 45 heavy (non-hydrogen) atoms. The van der Waals surface area contributed by atoms with Gasteiger partial charge in [0.15, 0.2) is 5.69 Å². The SMILES string of the molecule is Cc1ccc(Cn2c(O)c(N=NC(=S)Nc3ccc(Oc4ccccc4)cc3)c3cc(S(=O)(=O)N4CCOCC4)ccc32)cc1. The van der Waals surface area contributed by atoms with E-state index in [9.17, 15) is 13.5 Å². The van der Waals surface area contributed by atoms with Gasteiger partial charge in [0.05, 0.1) is 30.2 Å². The molecule has 12 heteroatoms. The lowest BCUT2D eigenvalue weighted by molar-refractivity contribution is 0.0730. The maximum absolute atomic E-state index is 13.5. The van der Waals surface area contributed by atoms with Crippen molar-refractivity contribution in [1.82, 2.24) is 8.87 Å². The predicted molar refractivity (Wildman–Crippen MR) is 177 cm³/mol. The number of sulfonamides is 1. The molecule has 1 aliphatic rings. The van der Waals surface area contributed by atoms with Crippen LogP contribution in [-0.2, 0) is 21.3 Å². The molecular weight excluding hydrogens is 611 g/mol. The van der Waals surface area contributed by atoms with Crippen LogP contribution in [0.2, 0.25) is 0 Å². The molecule has 2 N–H and O–H groups in total. The first-order valence-electron chi connectivity index (χ1n) is 14.3. The number of aromatic nitrogens is 1. The topological polar surface area (TPSA) is 118 Å². The van der Waals surface area contributed by atoms with Crippen molar-refractivity contribution in [2.24, 2.45) is 10.2 Å². The van der Waals surface area contributed by atoms with E-state index in [-0.39, 0.29) is 34.7 Å². The zero-order chi connectivity index (χ0) is 31.4. The van der Waals surface area contributed by atoms with Gasteiger partial charge >= 0.3 is 0 Å². The highest BCUT2D eigenvalue weighted by molar-refractivity contribution is 7.89. The Labute approximate surface area is 266 Å². The van der Waals surface area contributed by atoms with E-state index < -0.39 is 10.0 Å². The number of aryl methyl sites for hydroxylation is 1. The molecule has 0 atom stereocenters. The number of nitrogens with one attached hydrogen (secondary N) is 1. The molecule has 4 aromatic carbocycles. The molecule has 0 amide bonds. The van der Waals surface area contributed by atoms with E-state index in [2.05, 4.69) is 15.5 Å². The van der Waals surface area contributed by atoms with Gasteiger partial charge in [-0.2, -0.15) is 4.31 Å².